The molecule has 0 bridgehead atoms. The molecule has 0 radical (unpaired) electrons. The zero-order valence-corrected chi connectivity index (χ0v) is 18.2. The van der Waals surface area contributed by atoms with Gasteiger partial charge in [0.05, 0.1) is 11.1 Å². The van der Waals surface area contributed by atoms with Crippen molar-refractivity contribution in [2.24, 2.45) is 0 Å². The van der Waals surface area contributed by atoms with Crippen molar-refractivity contribution in [1.82, 2.24) is 24.8 Å². The van der Waals surface area contributed by atoms with Gasteiger partial charge in [-0.25, -0.2) is 18.7 Å². The Morgan fingerprint density at radius 1 is 1.21 bits per heavy atom. The predicted octanol–water partition coefficient (Wildman–Crippen LogP) is 4.09. The Kier molecular flexibility index (Phi) is 5.30. The molecule has 0 saturated carbocycles. The molecule has 2 aliphatic heterocycles. The smallest absolute Gasteiger partial charge is 0.418 e. The highest BCUT2D eigenvalue weighted by atomic mass is 19.4. The SMILES string of the molecule is Cc1cc(N)nc(-c2ncc3cnc(OC[C@@]45CCCN4C[C@H](F)C5)nc3c2F)c1C(F)(F)F. The van der Waals surface area contributed by atoms with Crippen LogP contribution in [0, 0.1) is 12.7 Å². The Hall–Kier alpha value is -3.15. The fourth-order valence-electron chi connectivity index (χ4n) is 5.06. The Labute approximate surface area is 191 Å². The lowest BCUT2D eigenvalue weighted by Gasteiger charge is -2.30. The largest absolute Gasteiger partial charge is 0.461 e. The van der Waals surface area contributed by atoms with Gasteiger partial charge in [-0.15, -0.1) is 0 Å². The fraction of sp³-hybridized carbons (Fsp3) is 0.455. The van der Waals surface area contributed by atoms with Gasteiger partial charge in [-0.05, 0) is 37.9 Å². The predicted molar refractivity (Wildman–Crippen MR) is 113 cm³/mol. The van der Waals surface area contributed by atoms with E-state index < -0.39 is 40.7 Å². The lowest BCUT2D eigenvalue weighted by Crippen LogP contribution is -2.43. The van der Waals surface area contributed by atoms with Crippen molar-refractivity contribution in [2.45, 2.75) is 44.1 Å². The van der Waals surface area contributed by atoms with Crippen LogP contribution in [0.1, 0.15) is 30.4 Å². The molecule has 7 nitrogen and oxygen atoms in total. The molecular weight excluding hydrogens is 459 g/mol. The number of aromatic nitrogens is 4. The molecular formula is C22H21F5N6O. The summed E-state index contributed by atoms with van der Waals surface area (Å²) < 4.78 is 76.3. The monoisotopic (exact) mass is 480 g/mol. The van der Waals surface area contributed by atoms with Crippen LogP contribution in [-0.4, -0.2) is 56.2 Å². The van der Waals surface area contributed by atoms with Gasteiger partial charge < -0.3 is 10.5 Å². The van der Waals surface area contributed by atoms with Crippen molar-refractivity contribution in [2.75, 3.05) is 25.4 Å². The highest BCUT2D eigenvalue weighted by Gasteiger charge is 2.49. The van der Waals surface area contributed by atoms with E-state index in [0.29, 0.717) is 13.0 Å². The molecule has 3 aromatic heterocycles. The maximum atomic E-state index is 15.5. The molecule has 34 heavy (non-hydrogen) atoms. The van der Waals surface area contributed by atoms with E-state index in [1.54, 1.807) is 0 Å². The molecule has 5 heterocycles. The lowest BCUT2D eigenvalue weighted by molar-refractivity contribution is -0.137. The molecule has 2 N–H and O–H groups in total. The summed E-state index contributed by atoms with van der Waals surface area (Å²) in [6, 6.07) is 0.913. The van der Waals surface area contributed by atoms with Crippen molar-refractivity contribution in [3.63, 3.8) is 0 Å². The van der Waals surface area contributed by atoms with Crippen LogP contribution in [0.4, 0.5) is 27.8 Å². The Morgan fingerprint density at radius 2 is 1.97 bits per heavy atom. The zero-order chi connectivity index (χ0) is 24.3. The van der Waals surface area contributed by atoms with Crippen LogP contribution >= 0.6 is 0 Å². The second kappa shape index (κ2) is 7.97. The van der Waals surface area contributed by atoms with Gasteiger partial charge >= 0.3 is 12.2 Å². The molecule has 5 rings (SSSR count). The fourth-order valence-corrected chi connectivity index (χ4v) is 5.06. The molecule has 2 saturated heterocycles. The topological polar surface area (TPSA) is 90.0 Å². The second-order valence-corrected chi connectivity index (χ2v) is 8.83. The van der Waals surface area contributed by atoms with E-state index in [1.807, 2.05) is 4.90 Å². The van der Waals surface area contributed by atoms with E-state index in [9.17, 15) is 17.6 Å². The summed E-state index contributed by atoms with van der Waals surface area (Å²) in [5, 5.41) is 0.174. The third kappa shape index (κ3) is 3.79. The average Bonchev–Trinajstić information content (AvgIpc) is 3.27. The minimum absolute atomic E-state index is 0.132. The molecule has 2 fully saturated rings. The summed E-state index contributed by atoms with van der Waals surface area (Å²) in [4.78, 5) is 17.8. The van der Waals surface area contributed by atoms with E-state index in [1.165, 1.54) is 19.3 Å². The van der Waals surface area contributed by atoms with Crippen LogP contribution in [0.5, 0.6) is 6.01 Å². The van der Waals surface area contributed by atoms with Gasteiger partial charge in [-0.2, -0.15) is 18.2 Å². The summed E-state index contributed by atoms with van der Waals surface area (Å²) in [6.07, 6.45) is -1.27. The molecule has 12 heteroatoms. The van der Waals surface area contributed by atoms with Crippen LogP contribution in [0.25, 0.3) is 22.3 Å². The molecule has 0 aromatic carbocycles. The van der Waals surface area contributed by atoms with Crippen molar-refractivity contribution >= 4 is 16.7 Å². The molecule has 0 aliphatic carbocycles. The molecule has 0 unspecified atom stereocenters. The van der Waals surface area contributed by atoms with Crippen LogP contribution in [0.2, 0.25) is 0 Å². The quantitative estimate of drug-likeness (QED) is 0.563. The Balaban J connectivity index is 1.52. The summed E-state index contributed by atoms with van der Waals surface area (Å²) in [5.74, 6) is -1.30. The van der Waals surface area contributed by atoms with Crippen molar-refractivity contribution in [3.8, 4) is 17.4 Å². The van der Waals surface area contributed by atoms with Crippen LogP contribution in [0.15, 0.2) is 18.5 Å². The number of aryl methyl sites for hydroxylation is 1. The number of pyridine rings is 2. The highest BCUT2D eigenvalue weighted by molar-refractivity contribution is 5.82. The van der Waals surface area contributed by atoms with Crippen molar-refractivity contribution in [1.29, 1.82) is 0 Å². The number of alkyl halides is 4. The van der Waals surface area contributed by atoms with E-state index in [-0.39, 0.29) is 34.9 Å². The first-order chi connectivity index (χ1) is 16.1. The number of halogens is 5. The van der Waals surface area contributed by atoms with Gasteiger partial charge in [0.2, 0.25) is 0 Å². The van der Waals surface area contributed by atoms with Gasteiger partial charge in [0.1, 0.15) is 35.5 Å². The minimum Gasteiger partial charge on any atom is -0.461 e. The van der Waals surface area contributed by atoms with Crippen LogP contribution in [-0.2, 0) is 6.18 Å². The van der Waals surface area contributed by atoms with Crippen LogP contribution in [0.3, 0.4) is 0 Å². The first-order valence-corrected chi connectivity index (χ1v) is 10.8. The molecule has 0 spiro atoms. The van der Waals surface area contributed by atoms with Gasteiger partial charge in [0, 0.05) is 30.7 Å². The number of ether oxygens (including phenoxy) is 1. The number of rotatable bonds is 4. The van der Waals surface area contributed by atoms with Crippen molar-refractivity contribution in [3.05, 3.63) is 35.4 Å². The van der Waals surface area contributed by atoms with E-state index in [2.05, 4.69) is 19.9 Å². The average molecular weight is 480 g/mol. The third-order valence-electron chi connectivity index (χ3n) is 6.52. The van der Waals surface area contributed by atoms with E-state index >= 15 is 4.39 Å². The maximum Gasteiger partial charge on any atom is 0.418 e. The molecule has 2 aliphatic rings. The number of nitrogens with zero attached hydrogens (tertiary/aromatic N) is 5. The minimum atomic E-state index is -4.80. The standard InChI is InChI=1S/C22H21F5N6O/c1-11-5-14(28)31-18(15(11)22(25,26)27)19-16(24)17-12(7-29-19)8-30-20(32-17)34-10-21-3-2-4-33(21)9-13(23)6-21/h5,7-8,13H,2-4,6,9-10H2,1H3,(H2,28,31)/t13-,21+/m1/s1. The van der Waals surface area contributed by atoms with E-state index in [0.717, 1.165) is 25.5 Å². The summed E-state index contributed by atoms with van der Waals surface area (Å²) in [6.45, 7) is 2.47. The lowest BCUT2D eigenvalue weighted by atomic mass is 9.95. The van der Waals surface area contributed by atoms with Crippen molar-refractivity contribution < 1.29 is 26.7 Å². The highest BCUT2D eigenvalue weighted by Crippen LogP contribution is 2.41. The number of anilines is 1. The molecule has 0 amide bonds. The summed E-state index contributed by atoms with van der Waals surface area (Å²) >= 11 is 0. The van der Waals surface area contributed by atoms with Gasteiger partial charge in [0.25, 0.3) is 0 Å². The van der Waals surface area contributed by atoms with Crippen LogP contribution < -0.4 is 10.5 Å². The second-order valence-electron chi connectivity index (χ2n) is 8.83. The van der Waals surface area contributed by atoms with Gasteiger partial charge in [-0.3, -0.25) is 9.88 Å². The molecule has 2 atom stereocenters. The molecule has 180 valence electrons. The molecule has 3 aromatic rings. The van der Waals surface area contributed by atoms with Gasteiger partial charge in [0.15, 0.2) is 5.82 Å². The zero-order valence-electron chi connectivity index (χ0n) is 18.2. The number of hydrogen-bond acceptors (Lipinski definition) is 7. The number of nitrogen functional groups attached to an aromatic ring is 1. The first-order valence-electron chi connectivity index (χ1n) is 10.8. The van der Waals surface area contributed by atoms with Gasteiger partial charge in [-0.1, -0.05) is 0 Å². The maximum absolute atomic E-state index is 15.5. The summed E-state index contributed by atoms with van der Waals surface area (Å²) in [7, 11) is 0. The Morgan fingerprint density at radius 3 is 2.74 bits per heavy atom. The number of hydrogen-bond donors (Lipinski definition) is 1. The number of fused-ring (bicyclic) bond motifs is 2. The third-order valence-corrected chi connectivity index (χ3v) is 6.52. The Bertz CT molecular complexity index is 1270. The summed E-state index contributed by atoms with van der Waals surface area (Å²) in [5.41, 5.74) is 2.25. The van der Waals surface area contributed by atoms with E-state index in [4.69, 9.17) is 10.5 Å². The normalized spacial score (nSPS) is 22.9. The first kappa shape index (κ1) is 22.6. The number of nitrogens with two attached hydrogens (primary N) is 1.